The van der Waals surface area contributed by atoms with Crippen LogP contribution >= 0.6 is 0 Å². The van der Waals surface area contributed by atoms with E-state index in [2.05, 4.69) is 5.32 Å². The number of aliphatic carboxylic acids is 1. The van der Waals surface area contributed by atoms with Gasteiger partial charge in [-0.15, -0.1) is 0 Å². The number of methoxy groups -OCH3 is 1. The van der Waals surface area contributed by atoms with Crippen LogP contribution in [0.3, 0.4) is 0 Å². The van der Waals surface area contributed by atoms with Crippen LogP contribution < -0.4 is 5.32 Å². The first kappa shape index (κ1) is 15.1. The fourth-order valence-corrected chi connectivity index (χ4v) is 1.35. The molecule has 0 spiro atoms. The van der Waals surface area contributed by atoms with Gasteiger partial charge in [-0.2, -0.15) is 0 Å². The highest BCUT2D eigenvalue weighted by molar-refractivity contribution is 5.86. The molecule has 0 radical (unpaired) electrons. The van der Waals surface area contributed by atoms with Crippen LogP contribution in [-0.2, 0) is 9.53 Å². The number of rotatable bonds is 10. The summed E-state index contributed by atoms with van der Waals surface area (Å²) >= 11 is 0. The molecule has 16 heavy (non-hydrogen) atoms. The summed E-state index contributed by atoms with van der Waals surface area (Å²) < 4.78 is 4.95. The Hall–Kier alpha value is -0.870. The van der Waals surface area contributed by atoms with Gasteiger partial charge in [-0.25, -0.2) is 4.79 Å². The van der Waals surface area contributed by atoms with Crippen molar-refractivity contribution in [2.24, 2.45) is 0 Å². The van der Waals surface area contributed by atoms with Gasteiger partial charge in [0, 0.05) is 25.8 Å². The van der Waals surface area contributed by atoms with Crippen LogP contribution in [0.5, 0.6) is 0 Å². The average molecular weight is 229 g/mol. The molecular weight excluding hydrogens is 206 g/mol. The second kappa shape index (κ2) is 10.6. The quantitative estimate of drug-likeness (QED) is 0.443. The lowest BCUT2D eigenvalue weighted by atomic mass is 10.2. The molecule has 0 aliphatic rings. The zero-order valence-corrected chi connectivity index (χ0v) is 10.3. The van der Waals surface area contributed by atoms with Crippen molar-refractivity contribution < 1.29 is 14.6 Å². The Morgan fingerprint density at radius 3 is 2.69 bits per heavy atom. The minimum absolute atomic E-state index is 0.479. The van der Waals surface area contributed by atoms with E-state index in [9.17, 15) is 4.79 Å². The number of carboxylic acid groups (broad SMARTS) is 1. The van der Waals surface area contributed by atoms with E-state index in [0.717, 1.165) is 32.4 Å². The van der Waals surface area contributed by atoms with Crippen LogP contribution in [0.4, 0.5) is 0 Å². The van der Waals surface area contributed by atoms with Gasteiger partial charge in [0.1, 0.15) is 0 Å². The van der Waals surface area contributed by atoms with E-state index in [-0.39, 0.29) is 0 Å². The van der Waals surface area contributed by atoms with Crippen molar-refractivity contribution in [3.05, 3.63) is 11.6 Å². The first-order chi connectivity index (χ1) is 7.72. The average Bonchev–Trinajstić information content (AvgIpc) is 2.26. The van der Waals surface area contributed by atoms with Crippen LogP contribution in [-0.4, -0.2) is 37.9 Å². The van der Waals surface area contributed by atoms with Gasteiger partial charge >= 0.3 is 5.97 Å². The molecule has 2 N–H and O–H groups in total. The molecule has 0 aromatic rings. The molecule has 4 heteroatoms. The Labute approximate surface area is 97.7 Å². The number of nitrogens with one attached hydrogen (secondary N) is 1. The van der Waals surface area contributed by atoms with E-state index >= 15 is 0 Å². The zero-order chi connectivity index (χ0) is 12.2. The Morgan fingerprint density at radius 2 is 2.12 bits per heavy atom. The van der Waals surface area contributed by atoms with Crippen LogP contribution in [0.2, 0.25) is 0 Å². The van der Waals surface area contributed by atoms with Gasteiger partial charge < -0.3 is 15.2 Å². The van der Waals surface area contributed by atoms with Gasteiger partial charge in [0.15, 0.2) is 0 Å². The molecule has 94 valence electrons. The van der Waals surface area contributed by atoms with Crippen molar-refractivity contribution in [3.63, 3.8) is 0 Å². The number of unbranched alkanes of at least 4 members (excludes halogenated alkanes) is 2. The standard InChI is InChI=1S/C12H23NO3/c1-3-11(12(14)15)7-9-13-8-5-4-6-10-16-2/h7,13H,3-6,8-10H2,1-2H3,(H,14,15). The predicted molar refractivity (Wildman–Crippen MR) is 64.6 cm³/mol. The molecule has 0 aromatic heterocycles. The topological polar surface area (TPSA) is 58.6 Å². The van der Waals surface area contributed by atoms with Crippen LogP contribution in [0.1, 0.15) is 32.6 Å². The summed E-state index contributed by atoms with van der Waals surface area (Å²) in [6, 6.07) is 0. The molecule has 0 saturated heterocycles. The van der Waals surface area contributed by atoms with Crippen molar-refractivity contribution in [3.8, 4) is 0 Å². The van der Waals surface area contributed by atoms with Crippen LogP contribution in [0, 0.1) is 0 Å². The minimum atomic E-state index is -0.815. The highest BCUT2D eigenvalue weighted by Crippen LogP contribution is 1.99. The lowest BCUT2D eigenvalue weighted by molar-refractivity contribution is -0.132. The summed E-state index contributed by atoms with van der Waals surface area (Å²) in [4.78, 5) is 10.7. The lowest BCUT2D eigenvalue weighted by Crippen LogP contribution is -2.16. The van der Waals surface area contributed by atoms with E-state index in [4.69, 9.17) is 9.84 Å². The molecule has 0 fully saturated rings. The number of hydrogen-bond donors (Lipinski definition) is 2. The van der Waals surface area contributed by atoms with Gasteiger partial charge in [0.25, 0.3) is 0 Å². The summed E-state index contributed by atoms with van der Waals surface area (Å²) in [5.74, 6) is -0.815. The maximum absolute atomic E-state index is 10.7. The first-order valence-electron chi connectivity index (χ1n) is 5.84. The third kappa shape index (κ3) is 8.44. The Balaban J connectivity index is 3.41. The Kier molecular flexibility index (Phi) is 10.1. The monoisotopic (exact) mass is 229 g/mol. The van der Waals surface area contributed by atoms with Crippen molar-refractivity contribution in [1.29, 1.82) is 0 Å². The van der Waals surface area contributed by atoms with Gasteiger partial charge in [0.05, 0.1) is 0 Å². The predicted octanol–water partition coefficient (Wildman–Crippen LogP) is 1.81. The van der Waals surface area contributed by atoms with E-state index in [1.807, 2.05) is 6.92 Å². The minimum Gasteiger partial charge on any atom is -0.478 e. The van der Waals surface area contributed by atoms with Crippen molar-refractivity contribution >= 4 is 5.97 Å². The van der Waals surface area contributed by atoms with E-state index in [0.29, 0.717) is 18.5 Å². The summed E-state index contributed by atoms with van der Waals surface area (Å²) in [7, 11) is 1.71. The van der Waals surface area contributed by atoms with E-state index < -0.39 is 5.97 Å². The molecule has 0 saturated carbocycles. The second-order valence-corrected chi connectivity index (χ2v) is 3.65. The molecule has 0 atom stereocenters. The van der Waals surface area contributed by atoms with Crippen LogP contribution in [0.15, 0.2) is 11.6 Å². The fourth-order valence-electron chi connectivity index (χ4n) is 1.35. The molecule has 0 amide bonds. The first-order valence-corrected chi connectivity index (χ1v) is 5.84. The van der Waals surface area contributed by atoms with E-state index in [1.165, 1.54) is 0 Å². The molecule has 0 unspecified atom stereocenters. The van der Waals surface area contributed by atoms with Crippen molar-refractivity contribution in [1.82, 2.24) is 5.32 Å². The molecule has 0 aromatic carbocycles. The number of ether oxygens (including phenoxy) is 1. The normalized spacial score (nSPS) is 11.8. The Bertz CT molecular complexity index is 214. The van der Waals surface area contributed by atoms with Gasteiger partial charge in [-0.05, 0) is 32.2 Å². The zero-order valence-electron chi connectivity index (χ0n) is 10.3. The highest BCUT2D eigenvalue weighted by Gasteiger charge is 2.01. The highest BCUT2D eigenvalue weighted by atomic mass is 16.5. The molecule has 0 heterocycles. The number of carbonyl (C=O) groups is 1. The summed E-state index contributed by atoms with van der Waals surface area (Å²) in [6.07, 6.45) is 5.65. The molecule has 0 bridgehead atoms. The van der Waals surface area contributed by atoms with E-state index in [1.54, 1.807) is 13.2 Å². The summed E-state index contributed by atoms with van der Waals surface area (Å²) in [6.45, 7) is 4.24. The third-order valence-corrected chi connectivity index (χ3v) is 2.35. The molecular formula is C12H23NO3. The van der Waals surface area contributed by atoms with Crippen molar-refractivity contribution in [2.45, 2.75) is 32.6 Å². The SMILES string of the molecule is CCC(=CCNCCCCCOC)C(=O)O. The van der Waals surface area contributed by atoms with Crippen molar-refractivity contribution in [2.75, 3.05) is 26.8 Å². The van der Waals surface area contributed by atoms with Gasteiger partial charge in [-0.1, -0.05) is 13.0 Å². The smallest absolute Gasteiger partial charge is 0.331 e. The van der Waals surface area contributed by atoms with Gasteiger partial charge in [0.2, 0.25) is 0 Å². The number of carboxylic acids is 1. The third-order valence-electron chi connectivity index (χ3n) is 2.35. The second-order valence-electron chi connectivity index (χ2n) is 3.65. The molecule has 4 nitrogen and oxygen atoms in total. The summed E-state index contributed by atoms with van der Waals surface area (Å²) in [5, 5.41) is 12.0. The molecule has 0 rings (SSSR count). The summed E-state index contributed by atoms with van der Waals surface area (Å²) in [5.41, 5.74) is 0.479. The van der Waals surface area contributed by atoms with Gasteiger partial charge in [-0.3, -0.25) is 0 Å². The number of hydrogen-bond acceptors (Lipinski definition) is 3. The maximum Gasteiger partial charge on any atom is 0.331 e. The maximum atomic E-state index is 10.7. The van der Waals surface area contributed by atoms with Crippen LogP contribution in [0.25, 0.3) is 0 Å². The molecule has 0 aliphatic carbocycles. The Morgan fingerprint density at radius 1 is 1.38 bits per heavy atom. The fraction of sp³-hybridized carbons (Fsp3) is 0.750. The lowest BCUT2D eigenvalue weighted by Gasteiger charge is -2.03. The largest absolute Gasteiger partial charge is 0.478 e. The molecule has 0 aliphatic heterocycles.